The van der Waals surface area contributed by atoms with Gasteiger partial charge in [0.05, 0.1) is 0 Å². The molecule has 0 aromatic heterocycles. The standard InChI is InChI=1S/C18H29N3/c1-14-5-4-6-18(16(14)3)21-11-9-20(10-12-21)17-8-7-15(2)19-13-17/h4-6,15,17,19H,7-13H2,1-3H3. The van der Waals surface area contributed by atoms with Crippen LogP contribution in [0.1, 0.15) is 30.9 Å². The molecule has 3 rings (SSSR count). The molecular weight excluding hydrogens is 258 g/mol. The van der Waals surface area contributed by atoms with E-state index in [0.29, 0.717) is 6.04 Å². The number of aryl methyl sites for hydroxylation is 1. The Hall–Kier alpha value is -1.06. The number of piperazine rings is 1. The fourth-order valence-electron chi connectivity index (χ4n) is 3.70. The number of hydrogen-bond donors (Lipinski definition) is 1. The molecule has 0 spiro atoms. The van der Waals surface area contributed by atoms with Gasteiger partial charge in [-0.05, 0) is 50.8 Å². The van der Waals surface area contributed by atoms with E-state index >= 15 is 0 Å². The Kier molecular flexibility index (Phi) is 4.51. The smallest absolute Gasteiger partial charge is 0.0399 e. The van der Waals surface area contributed by atoms with Gasteiger partial charge >= 0.3 is 0 Å². The van der Waals surface area contributed by atoms with Crippen LogP contribution in [0.25, 0.3) is 0 Å². The van der Waals surface area contributed by atoms with Gasteiger partial charge in [-0.2, -0.15) is 0 Å². The second-order valence-electron chi connectivity index (χ2n) is 6.78. The van der Waals surface area contributed by atoms with Crippen LogP contribution >= 0.6 is 0 Å². The average molecular weight is 287 g/mol. The molecule has 2 aliphatic rings. The van der Waals surface area contributed by atoms with E-state index in [1.54, 1.807) is 0 Å². The highest BCUT2D eigenvalue weighted by atomic mass is 15.3. The zero-order valence-corrected chi connectivity index (χ0v) is 13.7. The molecule has 0 bridgehead atoms. The number of benzene rings is 1. The first-order valence-corrected chi connectivity index (χ1v) is 8.44. The summed E-state index contributed by atoms with van der Waals surface area (Å²) in [6.45, 7) is 12.7. The van der Waals surface area contributed by atoms with Gasteiger partial charge in [-0.15, -0.1) is 0 Å². The maximum Gasteiger partial charge on any atom is 0.0399 e. The van der Waals surface area contributed by atoms with Crippen molar-refractivity contribution >= 4 is 5.69 Å². The molecule has 3 heteroatoms. The summed E-state index contributed by atoms with van der Waals surface area (Å²) in [5, 5.41) is 3.63. The molecule has 0 amide bonds. The van der Waals surface area contributed by atoms with E-state index in [1.165, 1.54) is 49.3 Å². The Bertz CT molecular complexity index is 469. The van der Waals surface area contributed by atoms with Gasteiger partial charge in [0.15, 0.2) is 0 Å². The van der Waals surface area contributed by atoms with Crippen LogP contribution in [0.2, 0.25) is 0 Å². The molecule has 2 unspecified atom stereocenters. The molecule has 21 heavy (non-hydrogen) atoms. The van der Waals surface area contributed by atoms with Crippen LogP contribution in [0.15, 0.2) is 18.2 Å². The molecule has 0 radical (unpaired) electrons. The Morgan fingerprint density at radius 1 is 1.05 bits per heavy atom. The monoisotopic (exact) mass is 287 g/mol. The number of piperidine rings is 1. The normalized spacial score (nSPS) is 27.9. The second kappa shape index (κ2) is 6.37. The largest absolute Gasteiger partial charge is 0.369 e. The van der Waals surface area contributed by atoms with E-state index in [0.717, 1.165) is 19.1 Å². The Morgan fingerprint density at radius 3 is 2.48 bits per heavy atom. The molecule has 3 nitrogen and oxygen atoms in total. The highest BCUT2D eigenvalue weighted by Crippen LogP contribution is 2.25. The molecule has 2 fully saturated rings. The van der Waals surface area contributed by atoms with Crippen molar-refractivity contribution in [2.75, 3.05) is 37.6 Å². The number of nitrogens with zero attached hydrogens (tertiary/aromatic N) is 2. The van der Waals surface area contributed by atoms with E-state index in [4.69, 9.17) is 0 Å². The van der Waals surface area contributed by atoms with Gasteiger partial charge < -0.3 is 10.2 Å². The second-order valence-corrected chi connectivity index (χ2v) is 6.78. The molecule has 2 heterocycles. The van der Waals surface area contributed by atoms with E-state index in [9.17, 15) is 0 Å². The molecule has 1 N–H and O–H groups in total. The third kappa shape index (κ3) is 3.24. The van der Waals surface area contributed by atoms with E-state index < -0.39 is 0 Å². The number of nitrogens with one attached hydrogen (secondary N) is 1. The summed E-state index contributed by atoms with van der Waals surface area (Å²) in [4.78, 5) is 5.26. The van der Waals surface area contributed by atoms with Crippen LogP contribution in [0, 0.1) is 13.8 Å². The first kappa shape index (κ1) is 14.9. The average Bonchev–Trinajstić information content (AvgIpc) is 2.51. The molecule has 0 saturated carbocycles. The van der Waals surface area contributed by atoms with Gasteiger partial charge in [0.2, 0.25) is 0 Å². The highest BCUT2D eigenvalue weighted by molar-refractivity contribution is 5.56. The van der Waals surface area contributed by atoms with Crippen molar-refractivity contribution in [3.63, 3.8) is 0 Å². The predicted octanol–water partition coefficient (Wildman–Crippen LogP) is 2.57. The highest BCUT2D eigenvalue weighted by Gasteiger charge is 2.27. The van der Waals surface area contributed by atoms with Gasteiger partial charge in [0.25, 0.3) is 0 Å². The van der Waals surface area contributed by atoms with Crippen LogP contribution in [0.4, 0.5) is 5.69 Å². The minimum absolute atomic E-state index is 0.706. The molecule has 2 aliphatic heterocycles. The number of rotatable bonds is 2. The van der Waals surface area contributed by atoms with Crippen molar-refractivity contribution in [1.82, 2.24) is 10.2 Å². The Morgan fingerprint density at radius 2 is 1.81 bits per heavy atom. The maximum absolute atomic E-state index is 3.63. The number of hydrogen-bond acceptors (Lipinski definition) is 3. The molecule has 0 aliphatic carbocycles. The molecule has 1 aromatic carbocycles. The zero-order chi connectivity index (χ0) is 14.8. The van der Waals surface area contributed by atoms with Crippen molar-refractivity contribution in [3.8, 4) is 0 Å². The van der Waals surface area contributed by atoms with Gasteiger partial charge in [-0.1, -0.05) is 12.1 Å². The third-order valence-electron chi connectivity index (χ3n) is 5.38. The zero-order valence-electron chi connectivity index (χ0n) is 13.7. The molecule has 116 valence electrons. The quantitative estimate of drug-likeness (QED) is 0.902. The summed E-state index contributed by atoms with van der Waals surface area (Å²) in [6, 6.07) is 8.14. The van der Waals surface area contributed by atoms with Crippen molar-refractivity contribution in [2.24, 2.45) is 0 Å². The molecular formula is C18H29N3. The topological polar surface area (TPSA) is 18.5 Å². The van der Waals surface area contributed by atoms with E-state index in [1.807, 2.05) is 0 Å². The maximum atomic E-state index is 3.63. The first-order valence-electron chi connectivity index (χ1n) is 8.44. The minimum Gasteiger partial charge on any atom is -0.369 e. The lowest BCUT2D eigenvalue weighted by Crippen LogP contribution is -2.55. The SMILES string of the molecule is Cc1cccc(N2CCN(C3CCC(C)NC3)CC2)c1C. The minimum atomic E-state index is 0.706. The van der Waals surface area contributed by atoms with Gasteiger partial charge in [0, 0.05) is 50.5 Å². The summed E-state index contributed by atoms with van der Waals surface area (Å²) in [5.41, 5.74) is 4.28. The fraction of sp³-hybridized carbons (Fsp3) is 0.667. The summed E-state index contributed by atoms with van der Waals surface area (Å²) in [5.74, 6) is 0. The Balaban J connectivity index is 1.59. The van der Waals surface area contributed by atoms with E-state index in [2.05, 4.69) is 54.1 Å². The first-order chi connectivity index (χ1) is 10.1. The van der Waals surface area contributed by atoms with Gasteiger partial charge in [-0.25, -0.2) is 0 Å². The third-order valence-corrected chi connectivity index (χ3v) is 5.38. The van der Waals surface area contributed by atoms with Crippen molar-refractivity contribution in [2.45, 2.75) is 45.7 Å². The number of anilines is 1. The van der Waals surface area contributed by atoms with Crippen LogP contribution in [0.3, 0.4) is 0 Å². The summed E-state index contributed by atoms with van der Waals surface area (Å²) < 4.78 is 0. The van der Waals surface area contributed by atoms with Gasteiger partial charge in [-0.3, -0.25) is 4.90 Å². The van der Waals surface area contributed by atoms with Crippen LogP contribution in [0.5, 0.6) is 0 Å². The van der Waals surface area contributed by atoms with Crippen molar-refractivity contribution in [3.05, 3.63) is 29.3 Å². The predicted molar refractivity (Wildman–Crippen MR) is 90.2 cm³/mol. The Labute approximate surface area is 129 Å². The summed E-state index contributed by atoms with van der Waals surface area (Å²) in [7, 11) is 0. The van der Waals surface area contributed by atoms with Crippen molar-refractivity contribution < 1.29 is 0 Å². The lowest BCUT2D eigenvalue weighted by Gasteiger charge is -2.43. The lowest BCUT2D eigenvalue weighted by molar-refractivity contribution is 0.146. The summed E-state index contributed by atoms with van der Waals surface area (Å²) in [6.07, 6.45) is 2.68. The van der Waals surface area contributed by atoms with Gasteiger partial charge in [0.1, 0.15) is 0 Å². The van der Waals surface area contributed by atoms with Crippen LogP contribution in [-0.4, -0.2) is 49.7 Å². The van der Waals surface area contributed by atoms with Crippen molar-refractivity contribution in [1.29, 1.82) is 0 Å². The lowest BCUT2D eigenvalue weighted by atomic mass is 10.00. The van der Waals surface area contributed by atoms with Crippen LogP contribution in [-0.2, 0) is 0 Å². The molecule has 1 aromatic rings. The molecule has 2 saturated heterocycles. The summed E-state index contributed by atoms with van der Waals surface area (Å²) >= 11 is 0. The molecule has 2 atom stereocenters. The van der Waals surface area contributed by atoms with Crippen LogP contribution < -0.4 is 10.2 Å². The fourth-order valence-corrected chi connectivity index (χ4v) is 3.70. The van der Waals surface area contributed by atoms with E-state index in [-0.39, 0.29) is 0 Å².